The van der Waals surface area contributed by atoms with Crippen molar-refractivity contribution < 1.29 is 24.5 Å². The molecule has 0 aliphatic rings. The fourth-order valence-corrected chi connectivity index (χ4v) is 2.76. The van der Waals surface area contributed by atoms with E-state index in [4.69, 9.17) is 5.73 Å². The van der Waals surface area contributed by atoms with E-state index in [1.807, 2.05) is 0 Å². The molecule has 0 unspecified atom stereocenters. The average Bonchev–Trinajstić information content (AvgIpc) is 2.73. The molecule has 1 amide bonds. The Balaban J connectivity index is 0.000000234. The van der Waals surface area contributed by atoms with E-state index in [-0.39, 0.29) is 11.6 Å². The molecule has 3 aromatic rings. The number of nitro groups is 4. The fraction of sp³-hybridized carbons (Fsp3) is 0.0556. The topological polar surface area (TPSA) is 228 Å². The van der Waals surface area contributed by atoms with Crippen molar-refractivity contribution in [1.29, 1.82) is 0 Å². The number of nitrogen functional groups attached to an aromatic ring is 1. The van der Waals surface area contributed by atoms with Gasteiger partial charge in [-0.1, -0.05) is 18.2 Å². The summed E-state index contributed by atoms with van der Waals surface area (Å²) in [5.41, 5.74) is 2.58. The number of nitro benzene ring substituents is 4. The van der Waals surface area contributed by atoms with Crippen molar-refractivity contribution in [3.8, 4) is 0 Å². The quantitative estimate of drug-likeness (QED) is 0.320. The third-order valence-corrected chi connectivity index (χ3v) is 4.13. The van der Waals surface area contributed by atoms with Gasteiger partial charge in [-0.05, 0) is 12.1 Å². The number of carbonyl (C=O) groups is 1. The third kappa shape index (κ3) is 5.48. The first kappa shape index (κ1) is 24.1. The van der Waals surface area contributed by atoms with Crippen molar-refractivity contribution in [2.45, 2.75) is 6.92 Å². The molecule has 3 rings (SSSR count). The highest BCUT2D eigenvalue weighted by Gasteiger charge is 2.28. The van der Waals surface area contributed by atoms with Gasteiger partial charge in [-0.2, -0.15) is 0 Å². The van der Waals surface area contributed by atoms with Gasteiger partial charge < -0.3 is 11.1 Å². The van der Waals surface area contributed by atoms with E-state index >= 15 is 0 Å². The fourth-order valence-electron chi connectivity index (χ4n) is 2.76. The molecule has 3 N–H and O–H groups in total. The van der Waals surface area contributed by atoms with Crippen LogP contribution in [0.3, 0.4) is 0 Å². The van der Waals surface area contributed by atoms with Crippen molar-refractivity contribution in [3.63, 3.8) is 0 Å². The maximum absolute atomic E-state index is 11.0. The minimum absolute atomic E-state index is 0.0368. The van der Waals surface area contributed by atoms with Crippen LogP contribution in [0.25, 0.3) is 10.8 Å². The van der Waals surface area contributed by atoms with Crippen LogP contribution in [0.5, 0.6) is 0 Å². The largest absolute Gasteiger partial charge is 0.387 e. The number of rotatable bonds is 5. The number of carbonyl (C=O) groups excluding carboxylic acids is 1. The van der Waals surface area contributed by atoms with E-state index in [0.717, 1.165) is 0 Å². The molecule has 33 heavy (non-hydrogen) atoms. The third-order valence-electron chi connectivity index (χ3n) is 4.13. The molecule has 0 bridgehead atoms. The zero-order valence-electron chi connectivity index (χ0n) is 16.7. The minimum Gasteiger partial charge on any atom is -0.387 e. The molecule has 0 fully saturated rings. The van der Waals surface area contributed by atoms with E-state index in [2.05, 4.69) is 5.32 Å². The molecule has 0 radical (unpaired) electrons. The number of amides is 1. The zero-order chi connectivity index (χ0) is 24.9. The Hall–Kier alpha value is -5.21. The maximum atomic E-state index is 11.0. The van der Waals surface area contributed by atoms with E-state index in [9.17, 15) is 45.3 Å². The van der Waals surface area contributed by atoms with Crippen LogP contribution in [0.15, 0.2) is 48.5 Å². The van der Waals surface area contributed by atoms with Gasteiger partial charge in [-0.3, -0.25) is 45.3 Å². The van der Waals surface area contributed by atoms with Gasteiger partial charge in [-0.15, -0.1) is 0 Å². The Morgan fingerprint density at radius 3 is 1.67 bits per heavy atom. The number of non-ortho nitro benzene ring substituents is 2. The second-order valence-electron chi connectivity index (χ2n) is 6.29. The molecular formula is C18H14N6O9. The van der Waals surface area contributed by atoms with Crippen molar-refractivity contribution >= 4 is 50.8 Å². The van der Waals surface area contributed by atoms with Crippen LogP contribution >= 0.6 is 0 Å². The van der Waals surface area contributed by atoms with Gasteiger partial charge in [0.15, 0.2) is 5.69 Å². The molecule has 0 aliphatic carbocycles. The molecular weight excluding hydrogens is 444 g/mol. The molecule has 0 spiro atoms. The summed E-state index contributed by atoms with van der Waals surface area (Å²) >= 11 is 0. The first-order chi connectivity index (χ1) is 15.4. The van der Waals surface area contributed by atoms with Gasteiger partial charge in [0.05, 0.1) is 37.2 Å². The molecule has 0 saturated carbocycles. The van der Waals surface area contributed by atoms with Crippen molar-refractivity contribution in [2.75, 3.05) is 11.1 Å². The van der Waals surface area contributed by atoms with Gasteiger partial charge in [-0.25, -0.2) is 0 Å². The second kappa shape index (κ2) is 9.73. The summed E-state index contributed by atoms with van der Waals surface area (Å²) < 4.78 is 0. The van der Waals surface area contributed by atoms with E-state index in [1.165, 1.54) is 13.0 Å². The number of fused-ring (bicyclic) bond motifs is 1. The predicted octanol–water partition coefficient (Wildman–Crippen LogP) is 3.70. The summed E-state index contributed by atoms with van der Waals surface area (Å²) in [5.74, 6) is -0.205. The summed E-state index contributed by atoms with van der Waals surface area (Å²) in [5, 5.41) is 46.0. The Bertz CT molecular complexity index is 1270. The van der Waals surface area contributed by atoms with Gasteiger partial charge in [0.25, 0.3) is 11.4 Å². The van der Waals surface area contributed by atoms with E-state index in [1.54, 1.807) is 30.3 Å². The molecule has 0 saturated heterocycles. The average molecular weight is 458 g/mol. The Labute approximate surface area is 183 Å². The van der Waals surface area contributed by atoms with Crippen LogP contribution in [0.4, 0.5) is 34.1 Å². The zero-order valence-corrected chi connectivity index (χ0v) is 16.7. The molecule has 15 heteroatoms. The highest BCUT2D eigenvalue weighted by molar-refractivity contribution is 6.04. The Morgan fingerprint density at radius 1 is 0.758 bits per heavy atom. The standard InChI is InChI=1S/C12H10N2O3.C6H4N4O6/c1-8(15)13-11-6-7-12(14(16)17)10-5-3-2-4-9(10)11;7-6-4(9(13)14)1-3(8(11)12)2-5(6)10(15)16/h2-7H,1H3,(H,13,15);1-2H,7H2. The van der Waals surface area contributed by atoms with Crippen LogP contribution in [0.2, 0.25) is 0 Å². The van der Waals surface area contributed by atoms with Crippen molar-refractivity contribution in [1.82, 2.24) is 0 Å². The summed E-state index contributed by atoms with van der Waals surface area (Å²) in [7, 11) is 0. The highest BCUT2D eigenvalue weighted by atomic mass is 16.6. The summed E-state index contributed by atoms with van der Waals surface area (Å²) in [6.07, 6.45) is 0. The molecule has 0 heterocycles. The molecule has 170 valence electrons. The van der Waals surface area contributed by atoms with Gasteiger partial charge in [0.2, 0.25) is 5.91 Å². The van der Waals surface area contributed by atoms with Crippen LogP contribution in [-0.2, 0) is 4.79 Å². The SMILES string of the molecule is CC(=O)Nc1ccc([N+](=O)[O-])c2ccccc12.Nc1c([N+](=O)[O-])cc([N+](=O)[O-])cc1[N+](=O)[O-]. The van der Waals surface area contributed by atoms with Gasteiger partial charge in [0, 0.05) is 24.1 Å². The number of anilines is 2. The Morgan fingerprint density at radius 2 is 1.24 bits per heavy atom. The van der Waals surface area contributed by atoms with E-state index < -0.39 is 42.4 Å². The Kier molecular flexibility index (Phi) is 7.10. The monoisotopic (exact) mass is 458 g/mol. The first-order valence-corrected chi connectivity index (χ1v) is 8.74. The van der Waals surface area contributed by atoms with Crippen LogP contribution in [-0.4, -0.2) is 25.6 Å². The van der Waals surface area contributed by atoms with Crippen molar-refractivity contribution in [2.24, 2.45) is 0 Å². The highest BCUT2D eigenvalue weighted by Crippen LogP contribution is 2.35. The van der Waals surface area contributed by atoms with Gasteiger partial charge in [0.1, 0.15) is 0 Å². The van der Waals surface area contributed by atoms with Crippen LogP contribution in [0.1, 0.15) is 6.92 Å². The number of hydrogen-bond donors (Lipinski definition) is 2. The minimum atomic E-state index is -1.02. The van der Waals surface area contributed by atoms with Crippen molar-refractivity contribution in [3.05, 3.63) is 89.0 Å². The number of benzene rings is 3. The molecule has 0 aliphatic heterocycles. The van der Waals surface area contributed by atoms with E-state index in [0.29, 0.717) is 28.6 Å². The lowest BCUT2D eigenvalue weighted by Gasteiger charge is -2.07. The smallest absolute Gasteiger partial charge is 0.306 e. The molecule has 3 aromatic carbocycles. The second-order valence-corrected chi connectivity index (χ2v) is 6.29. The van der Waals surface area contributed by atoms with Gasteiger partial charge >= 0.3 is 11.4 Å². The summed E-state index contributed by atoms with van der Waals surface area (Å²) in [4.78, 5) is 49.7. The molecule has 0 aromatic heterocycles. The lowest BCUT2D eigenvalue weighted by Crippen LogP contribution is -2.06. The first-order valence-electron chi connectivity index (χ1n) is 8.74. The maximum Gasteiger partial charge on any atom is 0.306 e. The number of nitrogens with one attached hydrogen (secondary N) is 1. The normalized spacial score (nSPS) is 9.97. The number of hydrogen-bond acceptors (Lipinski definition) is 10. The number of nitrogens with zero attached hydrogens (tertiary/aromatic N) is 4. The van der Waals surface area contributed by atoms with Crippen LogP contribution in [0, 0.1) is 40.5 Å². The molecule has 15 nitrogen and oxygen atoms in total. The lowest BCUT2D eigenvalue weighted by atomic mass is 10.1. The van der Waals surface area contributed by atoms with Crippen LogP contribution < -0.4 is 11.1 Å². The summed E-state index contributed by atoms with van der Waals surface area (Å²) in [6, 6.07) is 11.0. The molecule has 0 atom stereocenters. The number of nitrogens with two attached hydrogens (primary N) is 1. The lowest BCUT2D eigenvalue weighted by molar-refractivity contribution is -0.401. The predicted molar refractivity (Wildman–Crippen MR) is 116 cm³/mol. The summed E-state index contributed by atoms with van der Waals surface area (Å²) in [6.45, 7) is 1.40.